The molecule has 3 rings (SSSR count). The van der Waals surface area contributed by atoms with Crippen molar-refractivity contribution < 1.29 is 14.4 Å². The fourth-order valence-electron chi connectivity index (χ4n) is 3.77. The number of amides is 4. The predicted molar refractivity (Wildman–Crippen MR) is 98.1 cm³/mol. The summed E-state index contributed by atoms with van der Waals surface area (Å²) in [5.41, 5.74) is 3.78. The smallest absolute Gasteiger partial charge is 0.322 e. The van der Waals surface area contributed by atoms with Gasteiger partial charge >= 0.3 is 6.03 Å². The van der Waals surface area contributed by atoms with Gasteiger partial charge in [-0.25, -0.2) is 4.79 Å². The number of rotatable bonds is 6. The van der Waals surface area contributed by atoms with E-state index in [9.17, 15) is 14.4 Å². The topological polar surface area (TPSA) is 78.5 Å². The zero-order valence-electron chi connectivity index (χ0n) is 15.3. The summed E-state index contributed by atoms with van der Waals surface area (Å²) in [6.45, 7) is 2.16. The van der Waals surface area contributed by atoms with Crippen LogP contribution in [0.5, 0.6) is 0 Å². The van der Waals surface area contributed by atoms with E-state index in [1.165, 1.54) is 5.56 Å². The third-order valence-electron chi connectivity index (χ3n) is 5.31. The number of benzene rings is 1. The highest BCUT2D eigenvalue weighted by Gasteiger charge is 2.52. The van der Waals surface area contributed by atoms with Gasteiger partial charge in [0.25, 0.3) is 5.91 Å². The van der Waals surface area contributed by atoms with Crippen molar-refractivity contribution in [1.82, 2.24) is 15.8 Å². The van der Waals surface area contributed by atoms with Crippen molar-refractivity contribution in [1.29, 1.82) is 0 Å². The van der Waals surface area contributed by atoms with E-state index in [0.29, 0.717) is 12.8 Å². The van der Waals surface area contributed by atoms with Gasteiger partial charge in [-0.05, 0) is 36.8 Å². The van der Waals surface area contributed by atoms with Gasteiger partial charge < -0.3 is 5.32 Å². The molecular formula is C20H27N3O3. The Kier molecular flexibility index (Phi) is 5.59. The zero-order chi connectivity index (χ0) is 18.6. The number of hydrogen-bond acceptors (Lipinski definition) is 3. The van der Waals surface area contributed by atoms with Gasteiger partial charge in [0.15, 0.2) is 0 Å². The van der Waals surface area contributed by atoms with Crippen LogP contribution in [-0.2, 0) is 22.4 Å². The number of hydrogen-bond donors (Lipinski definition) is 2. The lowest BCUT2D eigenvalue weighted by Crippen LogP contribution is -2.51. The number of unbranched alkanes of at least 4 members (excludes halogenated alkanes) is 1. The lowest BCUT2D eigenvalue weighted by Gasteiger charge is -2.30. The molecule has 2 aliphatic rings. The van der Waals surface area contributed by atoms with E-state index in [0.717, 1.165) is 49.1 Å². The van der Waals surface area contributed by atoms with Crippen LogP contribution in [0.3, 0.4) is 0 Å². The molecule has 1 heterocycles. The Bertz CT molecular complexity index is 678. The van der Waals surface area contributed by atoms with Gasteiger partial charge in [-0.3, -0.25) is 15.0 Å². The molecule has 0 radical (unpaired) electrons. The lowest BCUT2D eigenvalue weighted by molar-refractivity contribution is -0.139. The summed E-state index contributed by atoms with van der Waals surface area (Å²) in [4.78, 5) is 37.1. The first kappa shape index (κ1) is 18.4. The monoisotopic (exact) mass is 357 g/mol. The van der Waals surface area contributed by atoms with Crippen LogP contribution in [0.25, 0.3) is 0 Å². The molecule has 6 nitrogen and oxygen atoms in total. The Labute approximate surface area is 154 Å². The molecule has 140 valence electrons. The largest absolute Gasteiger partial charge is 0.344 e. The van der Waals surface area contributed by atoms with Crippen molar-refractivity contribution >= 4 is 17.8 Å². The van der Waals surface area contributed by atoms with Gasteiger partial charge in [0.1, 0.15) is 5.54 Å². The summed E-state index contributed by atoms with van der Waals surface area (Å²) in [7, 11) is 0. The number of nitrogens with zero attached hydrogens (tertiary/aromatic N) is 1. The number of hydrazine groups is 1. The van der Waals surface area contributed by atoms with Crippen LogP contribution in [0.15, 0.2) is 24.3 Å². The second-order valence-electron chi connectivity index (χ2n) is 7.35. The predicted octanol–water partition coefficient (Wildman–Crippen LogP) is 2.86. The maximum Gasteiger partial charge on any atom is 0.344 e. The molecule has 1 aliphatic carbocycles. The number of aryl methyl sites for hydroxylation is 1. The third-order valence-corrected chi connectivity index (χ3v) is 5.31. The molecular weight excluding hydrogens is 330 g/mol. The van der Waals surface area contributed by atoms with Crippen molar-refractivity contribution in [2.45, 2.75) is 70.3 Å². The first-order valence-electron chi connectivity index (χ1n) is 9.58. The van der Waals surface area contributed by atoms with Gasteiger partial charge in [0.05, 0.1) is 6.42 Å². The Morgan fingerprint density at radius 3 is 2.42 bits per heavy atom. The minimum Gasteiger partial charge on any atom is -0.322 e. The lowest BCUT2D eigenvalue weighted by atomic mass is 9.82. The Hall–Kier alpha value is -2.37. The summed E-state index contributed by atoms with van der Waals surface area (Å²) >= 11 is 0. The Morgan fingerprint density at radius 1 is 1.12 bits per heavy atom. The molecule has 1 spiro atoms. The fourth-order valence-corrected chi connectivity index (χ4v) is 3.77. The SMILES string of the molecule is CCCCc1ccc(CC(=O)NN2C(=O)NC3(CCCCC3)C2=O)cc1. The second-order valence-corrected chi connectivity index (χ2v) is 7.35. The minimum absolute atomic E-state index is 0.137. The van der Waals surface area contributed by atoms with E-state index in [-0.39, 0.29) is 18.2 Å². The molecule has 2 fully saturated rings. The van der Waals surface area contributed by atoms with Crippen LogP contribution in [0.1, 0.15) is 63.0 Å². The second kappa shape index (κ2) is 7.89. The quantitative estimate of drug-likeness (QED) is 0.769. The minimum atomic E-state index is -0.816. The molecule has 1 saturated carbocycles. The van der Waals surface area contributed by atoms with Crippen molar-refractivity contribution in [3.05, 3.63) is 35.4 Å². The van der Waals surface area contributed by atoms with Crippen LogP contribution in [0.4, 0.5) is 4.79 Å². The van der Waals surface area contributed by atoms with E-state index in [2.05, 4.69) is 17.7 Å². The standard InChI is InChI=1S/C20H27N3O3/c1-2-3-7-15-8-10-16(11-9-15)14-17(24)22-23-18(25)20(21-19(23)26)12-5-4-6-13-20/h8-11H,2-7,12-14H2,1H3,(H,21,26)(H,22,24). The highest BCUT2D eigenvalue weighted by molar-refractivity contribution is 6.08. The van der Waals surface area contributed by atoms with Gasteiger partial charge in [0.2, 0.25) is 5.91 Å². The van der Waals surface area contributed by atoms with Crippen LogP contribution in [0.2, 0.25) is 0 Å². The molecule has 1 aromatic rings. The fraction of sp³-hybridized carbons (Fsp3) is 0.550. The summed E-state index contributed by atoms with van der Waals surface area (Å²) < 4.78 is 0. The summed E-state index contributed by atoms with van der Waals surface area (Å²) in [5.74, 6) is -0.687. The zero-order valence-corrected chi connectivity index (χ0v) is 15.3. The molecule has 2 N–H and O–H groups in total. The number of imide groups is 1. The van der Waals surface area contributed by atoms with E-state index < -0.39 is 11.6 Å². The molecule has 1 aliphatic heterocycles. The van der Waals surface area contributed by atoms with E-state index >= 15 is 0 Å². The van der Waals surface area contributed by atoms with Gasteiger partial charge in [-0.1, -0.05) is 56.9 Å². The van der Waals surface area contributed by atoms with Gasteiger partial charge in [0, 0.05) is 0 Å². The maximum atomic E-state index is 12.7. The Morgan fingerprint density at radius 2 is 1.77 bits per heavy atom. The molecule has 1 saturated heterocycles. The molecule has 0 aromatic heterocycles. The molecule has 0 bridgehead atoms. The van der Waals surface area contributed by atoms with Gasteiger partial charge in [-0.2, -0.15) is 5.01 Å². The normalized spacial score (nSPS) is 18.9. The van der Waals surface area contributed by atoms with E-state index in [4.69, 9.17) is 0 Å². The van der Waals surface area contributed by atoms with Gasteiger partial charge in [-0.15, -0.1) is 0 Å². The molecule has 0 unspecified atom stereocenters. The average molecular weight is 357 g/mol. The summed E-state index contributed by atoms with van der Waals surface area (Å²) in [6, 6.07) is 7.39. The first-order chi connectivity index (χ1) is 12.5. The first-order valence-corrected chi connectivity index (χ1v) is 9.58. The van der Waals surface area contributed by atoms with E-state index in [1.54, 1.807) is 0 Å². The molecule has 4 amide bonds. The number of nitrogens with one attached hydrogen (secondary N) is 2. The molecule has 26 heavy (non-hydrogen) atoms. The van der Waals surface area contributed by atoms with Crippen molar-refractivity contribution in [2.24, 2.45) is 0 Å². The molecule has 6 heteroatoms. The Balaban J connectivity index is 1.57. The number of carbonyl (C=O) groups excluding carboxylic acids is 3. The van der Waals surface area contributed by atoms with Crippen molar-refractivity contribution in [3.63, 3.8) is 0 Å². The average Bonchev–Trinajstić information content (AvgIpc) is 2.86. The number of carbonyl (C=O) groups is 3. The summed E-state index contributed by atoms with van der Waals surface area (Å²) in [5, 5.41) is 3.65. The maximum absolute atomic E-state index is 12.7. The molecule has 1 aromatic carbocycles. The van der Waals surface area contributed by atoms with Crippen LogP contribution in [-0.4, -0.2) is 28.4 Å². The molecule has 0 atom stereocenters. The van der Waals surface area contributed by atoms with E-state index in [1.807, 2.05) is 24.3 Å². The summed E-state index contributed by atoms with van der Waals surface area (Å²) in [6.07, 6.45) is 7.66. The highest BCUT2D eigenvalue weighted by atomic mass is 16.2. The van der Waals surface area contributed by atoms with Crippen LogP contribution in [0, 0.1) is 0 Å². The van der Waals surface area contributed by atoms with Crippen LogP contribution >= 0.6 is 0 Å². The third kappa shape index (κ3) is 3.89. The van der Waals surface area contributed by atoms with Crippen molar-refractivity contribution in [2.75, 3.05) is 0 Å². The van der Waals surface area contributed by atoms with Crippen molar-refractivity contribution in [3.8, 4) is 0 Å². The van der Waals surface area contributed by atoms with Crippen LogP contribution < -0.4 is 10.7 Å². The highest BCUT2D eigenvalue weighted by Crippen LogP contribution is 2.32. The number of urea groups is 1.